The first-order chi connectivity index (χ1) is 9.47. The predicted molar refractivity (Wildman–Crippen MR) is 76.4 cm³/mol. The summed E-state index contributed by atoms with van der Waals surface area (Å²) in [5.41, 5.74) is 6.64. The third-order valence-electron chi connectivity index (χ3n) is 3.25. The van der Waals surface area contributed by atoms with Crippen LogP contribution in [0, 0.1) is 11.7 Å². The molecule has 108 valence electrons. The fraction of sp³-hybridized carbons (Fsp3) is 0.500. The van der Waals surface area contributed by atoms with Crippen molar-refractivity contribution in [2.24, 2.45) is 5.92 Å². The van der Waals surface area contributed by atoms with E-state index in [0.717, 1.165) is 12.8 Å². The number of hydrogen-bond acceptors (Lipinski definition) is 4. The molecule has 0 saturated heterocycles. The minimum Gasteiger partial charge on any atom is -0.399 e. The molecular weight excluding hydrogens is 257 g/mol. The maximum Gasteiger partial charge on any atom is 0.182 e. The highest BCUT2D eigenvalue weighted by Gasteiger charge is 2.16. The van der Waals surface area contributed by atoms with Gasteiger partial charge in [0.2, 0.25) is 0 Å². The van der Waals surface area contributed by atoms with Gasteiger partial charge in [-0.1, -0.05) is 13.8 Å². The molecule has 1 unspecified atom stereocenters. The van der Waals surface area contributed by atoms with Crippen molar-refractivity contribution in [3.05, 3.63) is 24.0 Å². The van der Waals surface area contributed by atoms with Gasteiger partial charge in [0.05, 0.1) is 6.04 Å². The Morgan fingerprint density at radius 1 is 1.20 bits per heavy atom. The van der Waals surface area contributed by atoms with Gasteiger partial charge in [0.15, 0.2) is 5.82 Å². The Morgan fingerprint density at radius 3 is 2.60 bits per heavy atom. The van der Waals surface area contributed by atoms with E-state index in [1.54, 1.807) is 10.7 Å². The Bertz CT molecular complexity index is 558. The van der Waals surface area contributed by atoms with Crippen LogP contribution in [-0.4, -0.2) is 20.2 Å². The maximum absolute atomic E-state index is 13.4. The van der Waals surface area contributed by atoms with Gasteiger partial charge in [-0.25, -0.2) is 9.07 Å². The zero-order chi connectivity index (χ0) is 14.7. The highest BCUT2D eigenvalue weighted by molar-refractivity contribution is 5.61. The smallest absolute Gasteiger partial charge is 0.182 e. The van der Waals surface area contributed by atoms with Gasteiger partial charge < -0.3 is 5.73 Å². The summed E-state index contributed by atoms with van der Waals surface area (Å²) in [7, 11) is 0. The van der Waals surface area contributed by atoms with Gasteiger partial charge in [0.1, 0.15) is 5.82 Å². The third kappa shape index (κ3) is 3.31. The van der Waals surface area contributed by atoms with Crippen molar-refractivity contribution < 1.29 is 4.39 Å². The summed E-state index contributed by atoms with van der Waals surface area (Å²) < 4.78 is 15.2. The molecule has 1 aromatic heterocycles. The average Bonchev–Trinajstić information content (AvgIpc) is 2.83. The van der Waals surface area contributed by atoms with E-state index in [1.165, 1.54) is 12.1 Å². The van der Waals surface area contributed by atoms with Gasteiger partial charge in [0, 0.05) is 11.3 Å². The first-order valence-electron chi connectivity index (χ1n) is 6.81. The third-order valence-corrected chi connectivity index (χ3v) is 3.25. The molecule has 2 rings (SSSR count). The molecule has 0 amide bonds. The summed E-state index contributed by atoms with van der Waals surface area (Å²) in [4.78, 5) is 0. The number of nitrogens with zero attached hydrogens (tertiary/aromatic N) is 4. The Kier molecular flexibility index (Phi) is 4.32. The fourth-order valence-electron chi connectivity index (χ4n) is 2.12. The van der Waals surface area contributed by atoms with Crippen LogP contribution in [0.3, 0.4) is 0 Å². The van der Waals surface area contributed by atoms with Crippen molar-refractivity contribution in [2.75, 3.05) is 5.73 Å². The van der Waals surface area contributed by atoms with Crippen LogP contribution in [0.1, 0.15) is 39.7 Å². The normalized spacial score (nSPS) is 12.8. The van der Waals surface area contributed by atoms with Crippen LogP contribution in [0.25, 0.3) is 11.4 Å². The molecule has 0 bridgehead atoms. The first kappa shape index (κ1) is 14.4. The first-order valence-corrected chi connectivity index (χ1v) is 6.81. The highest BCUT2D eigenvalue weighted by Crippen LogP contribution is 2.25. The lowest BCUT2D eigenvalue weighted by Gasteiger charge is -2.14. The monoisotopic (exact) mass is 277 g/mol. The average molecular weight is 277 g/mol. The van der Waals surface area contributed by atoms with Gasteiger partial charge in [-0.05, 0) is 54.3 Å². The number of aromatic nitrogens is 4. The van der Waals surface area contributed by atoms with Crippen LogP contribution >= 0.6 is 0 Å². The number of tetrazole rings is 1. The topological polar surface area (TPSA) is 69.6 Å². The summed E-state index contributed by atoms with van der Waals surface area (Å²) in [6.45, 7) is 6.42. The van der Waals surface area contributed by atoms with Gasteiger partial charge in [-0.2, -0.15) is 0 Å². The molecule has 0 fully saturated rings. The summed E-state index contributed by atoms with van der Waals surface area (Å²) >= 11 is 0. The van der Waals surface area contributed by atoms with E-state index in [0.29, 0.717) is 23.0 Å². The maximum atomic E-state index is 13.4. The van der Waals surface area contributed by atoms with Crippen molar-refractivity contribution >= 4 is 5.69 Å². The van der Waals surface area contributed by atoms with Crippen LogP contribution in [0.2, 0.25) is 0 Å². The molecule has 1 aromatic carbocycles. The Balaban J connectivity index is 2.27. The van der Waals surface area contributed by atoms with E-state index in [1.807, 2.05) is 0 Å². The Labute approximate surface area is 118 Å². The molecule has 0 aliphatic heterocycles. The number of nitrogens with two attached hydrogens (primary N) is 1. The molecule has 2 N–H and O–H groups in total. The highest BCUT2D eigenvalue weighted by atomic mass is 19.1. The second-order valence-corrected chi connectivity index (χ2v) is 5.54. The summed E-state index contributed by atoms with van der Waals surface area (Å²) in [6.07, 6.45) is 2.06. The standard InChI is InChI=1S/C14H20FN5/c1-9(2)4-5-10(3)20-14(17-18-19-20)11-6-12(15)8-13(16)7-11/h6-10H,4-5,16H2,1-3H3. The molecular formula is C14H20FN5. The number of hydrogen-bond donors (Lipinski definition) is 1. The second-order valence-electron chi connectivity index (χ2n) is 5.54. The molecule has 1 heterocycles. The predicted octanol–water partition coefficient (Wildman–Crippen LogP) is 3.06. The van der Waals surface area contributed by atoms with Gasteiger partial charge in [0.25, 0.3) is 0 Å². The number of benzene rings is 1. The molecule has 1 atom stereocenters. The molecule has 5 nitrogen and oxygen atoms in total. The minimum absolute atomic E-state index is 0.159. The molecule has 2 aromatic rings. The van der Waals surface area contributed by atoms with Crippen molar-refractivity contribution in [1.82, 2.24) is 20.2 Å². The molecule has 20 heavy (non-hydrogen) atoms. The molecule has 0 spiro atoms. The summed E-state index contributed by atoms with van der Waals surface area (Å²) in [6, 6.07) is 4.51. The van der Waals surface area contributed by atoms with Crippen LogP contribution in [0.5, 0.6) is 0 Å². The lowest BCUT2D eigenvalue weighted by atomic mass is 10.0. The van der Waals surface area contributed by atoms with Crippen LogP contribution < -0.4 is 5.73 Å². The van der Waals surface area contributed by atoms with E-state index in [4.69, 9.17) is 5.73 Å². The van der Waals surface area contributed by atoms with Gasteiger partial charge in [-0.15, -0.1) is 5.10 Å². The van der Waals surface area contributed by atoms with E-state index in [9.17, 15) is 4.39 Å². The number of halogens is 1. The van der Waals surface area contributed by atoms with Crippen molar-refractivity contribution in [3.8, 4) is 11.4 Å². The van der Waals surface area contributed by atoms with E-state index < -0.39 is 0 Å². The molecule has 0 saturated carbocycles. The van der Waals surface area contributed by atoms with E-state index in [-0.39, 0.29) is 11.9 Å². The zero-order valence-corrected chi connectivity index (χ0v) is 12.0. The van der Waals surface area contributed by atoms with Crippen molar-refractivity contribution in [3.63, 3.8) is 0 Å². The van der Waals surface area contributed by atoms with Crippen molar-refractivity contribution in [1.29, 1.82) is 0 Å². The van der Waals surface area contributed by atoms with Crippen LogP contribution in [0.4, 0.5) is 10.1 Å². The van der Waals surface area contributed by atoms with Crippen LogP contribution in [-0.2, 0) is 0 Å². The van der Waals surface area contributed by atoms with E-state index in [2.05, 4.69) is 36.3 Å². The lowest BCUT2D eigenvalue weighted by molar-refractivity contribution is 0.406. The second kappa shape index (κ2) is 5.98. The molecule has 0 aliphatic carbocycles. The Hall–Kier alpha value is -1.98. The fourth-order valence-corrected chi connectivity index (χ4v) is 2.12. The number of nitrogen functional groups attached to an aromatic ring is 1. The molecule has 0 radical (unpaired) electrons. The summed E-state index contributed by atoms with van der Waals surface area (Å²) in [5.74, 6) is 0.791. The van der Waals surface area contributed by atoms with Crippen LogP contribution in [0.15, 0.2) is 18.2 Å². The van der Waals surface area contributed by atoms with E-state index >= 15 is 0 Å². The number of rotatable bonds is 5. The zero-order valence-electron chi connectivity index (χ0n) is 12.0. The van der Waals surface area contributed by atoms with Gasteiger partial charge in [-0.3, -0.25) is 0 Å². The van der Waals surface area contributed by atoms with Gasteiger partial charge >= 0.3 is 0 Å². The molecule has 0 aliphatic rings. The largest absolute Gasteiger partial charge is 0.399 e. The Morgan fingerprint density at radius 2 is 1.95 bits per heavy atom. The minimum atomic E-state index is -0.385. The molecule has 6 heteroatoms. The lowest BCUT2D eigenvalue weighted by Crippen LogP contribution is -2.10. The summed E-state index contributed by atoms with van der Waals surface area (Å²) in [5, 5.41) is 11.7. The number of anilines is 1. The quantitative estimate of drug-likeness (QED) is 0.853. The SMILES string of the molecule is CC(C)CCC(C)n1nnnc1-c1cc(N)cc(F)c1. The van der Waals surface area contributed by atoms with Crippen molar-refractivity contribution in [2.45, 2.75) is 39.7 Å².